The average Bonchev–Trinajstić information content (AvgIpc) is 2.00. The number of piperidine rings is 1. The molecule has 0 aliphatic carbocycles. The molecule has 1 rings (SSSR count). The van der Waals surface area contributed by atoms with Crippen molar-refractivity contribution in [2.24, 2.45) is 11.8 Å². The molecule has 1 unspecified atom stereocenters. The highest BCUT2D eigenvalue weighted by Crippen LogP contribution is 2.36. The monoisotopic (exact) mass is 171 g/mol. The lowest BCUT2D eigenvalue weighted by Gasteiger charge is -2.43. The Morgan fingerprint density at radius 3 is 2.17 bits per heavy atom. The zero-order valence-corrected chi connectivity index (χ0v) is 8.18. The van der Waals surface area contributed by atoms with Crippen molar-refractivity contribution in [1.29, 1.82) is 0 Å². The minimum absolute atomic E-state index is 0.0590. The van der Waals surface area contributed by atoms with Crippen molar-refractivity contribution in [3.8, 4) is 0 Å². The van der Waals surface area contributed by atoms with Gasteiger partial charge in [-0.25, -0.2) is 4.39 Å². The first-order chi connectivity index (χ1) is 5.50. The fourth-order valence-electron chi connectivity index (χ4n) is 2.18. The fourth-order valence-corrected chi connectivity index (χ4v) is 2.18. The van der Waals surface area contributed by atoms with Crippen LogP contribution in [0.5, 0.6) is 0 Å². The van der Waals surface area contributed by atoms with Crippen LogP contribution >= 0.6 is 0 Å². The maximum atomic E-state index is 14.1. The lowest BCUT2D eigenvalue weighted by molar-refractivity contribution is 0.00452. The fraction of sp³-hybridized carbons (Fsp3) is 0.800. The van der Waals surface area contributed by atoms with E-state index in [1.165, 1.54) is 6.08 Å². The summed E-state index contributed by atoms with van der Waals surface area (Å²) in [6, 6.07) is 0. The molecule has 0 aromatic rings. The van der Waals surface area contributed by atoms with Crippen LogP contribution in [0, 0.1) is 11.8 Å². The third-order valence-electron chi connectivity index (χ3n) is 2.99. The summed E-state index contributed by atoms with van der Waals surface area (Å²) < 4.78 is 14.1. The molecule has 1 aliphatic heterocycles. The Morgan fingerprint density at radius 2 is 1.83 bits per heavy atom. The van der Waals surface area contributed by atoms with Crippen LogP contribution in [0.15, 0.2) is 12.7 Å². The van der Waals surface area contributed by atoms with E-state index in [4.69, 9.17) is 0 Å². The van der Waals surface area contributed by atoms with Crippen molar-refractivity contribution in [2.45, 2.75) is 19.5 Å². The Balaban J connectivity index is 2.79. The van der Waals surface area contributed by atoms with Crippen LogP contribution in [-0.4, -0.2) is 30.7 Å². The summed E-state index contributed by atoms with van der Waals surface area (Å²) in [6.07, 6.45) is 1.48. The molecule has 0 spiro atoms. The first-order valence-corrected chi connectivity index (χ1v) is 4.51. The largest absolute Gasteiger partial charge is 0.306 e. The Labute approximate surface area is 74.3 Å². The van der Waals surface area contributed by atoms with Gasteiger partial charge in [0.15, 0.2) is 0 Å². The van der Waals surface area contributed by atoms with Gasteiger partial charge in [0.05, 0.1) is 0 Å². The van der Waals surface area contributed by atoms with Gasteiger partial charge in [-0.05, 0) is 7.05 Å². The van der Waals surface area contributed by atoms with Crippen LogP contribution in [0.4, 0.5) is 4.39 Å². The van der Waals surface area contributed by atoms with E-state index in [0.29, 0.717) is 0 Å². The standard InChI is InChI=1S/C10H18FN/c1-5-10(11)8(2)6-12(4)7-9(10)3/h5,8-9H,1,6-7H2,2-4H3/t8-,9+,10?. The van der Waals surface area contributed by atoms with Gasteiger partial charge in [-0.15, -0.1) is 0 Å². The smallest absolute Gasteiger partial charge is 0.136 e. The molecular weight excluding hydrogens is 153 g/mol. The second kappa shape index (κ2) is 3.17. The van der Waals surface area contributed by atoms with Crippen molar-refractivity contribution in [1.82, 2.24) is 4.90 Å². The van der Waals surface area contributed by atoms with Crippen LogP contribution in [0.3, 0.4) is 0 Å². The lowest BCUT2D eigenvalue weighted by atomic mass is 9.77. The number of nitrogens with zero attached hydrogens (tertiary/aromatic N) is 1. The van der Waals surface area contributed by atoms with Gasteiger partial charge >= 0.3 is 0 Å². The second-order valence-electron chi connectivity index (χ2n) is 4.05. The van der Waals surface area contributed by atoms with E-state index in [1.54, 1.807) is 0 Å². The summed E-state index contributed by atoms with van der Waals surface area (Å²) in [5.74, 6) is 0.118. The van der Waals surface area contributed by atoms with Crippen LogP contribution in [0.1, 0.15) is 13.8 Å². The zero-order chi connectivity index (χ0) is 9.35. The van der Waals surface area contributed by atoms with E-state index < -0.39 is 5.67 Å². The number of likely N-dealkylation sites (tertiary alicyclic amines) is 1. The molecule has 0 amide bonds. The van der Waals surface area contributed by atoms with Crippen LogP contribution in [-0.2, 0) is 0 Å². The number of rotatable bonds is 1. The quantitative estimate of drug-likeness (QED) is 0.546. The first kappa shape index (κ1) is 9.72. The normalized spacial score (nSPS) is 44.3. The van der Waals surface area contributed by atoms with E-state index in [9.17, 15) is 4.39 Å². The van der Waals surface area contributed by atoms with Crippen molar-refractivity contribution in [2.75, 3.05) is 20.1 Å². The van der Waals surface area contributed by atoms with E-state index in [0.717, 1.165) is 13.1 Å². The van der Waals surface area contributed by atoms with Gasteiger partial charge in [-0.1, -0.05) is 26.5 Å². The molecule has 1 heterocycles. The van der Waals surface area contributed by atoms with E-state index in [1.807, 2.05) is 20.9 Å². The molecule has 0 N–H and O–H groups in total. The van der Waals surface area contributed by atoms with Gasteiger partial charge in [-0.3, -0.25) is 0 Å². The summed E-state index contributed by atoms with van der Waals surface area (Å²) in [6.45, 7) is 9.15. The number of hydrogen-bond acceptors (Lipinski definition) is 1. The van der Waals surface area contributed by atoms with Crippen molar-refractivity contribution >= 4 is 0 Å². The van der Waals surface area contributed by atoms with Crippen molar-refractivity contribution in [3.05, 3.63) is 12.7 Å². The van der Waals surface area contributed by atoms with Gasteiger partial charge in [0.25, 0.3) is 0 Å². The maximum absolute atomic E-state index is 14.1. The lowest BCUT2D eigenvalue weighted by Crippen LogP contribution is -2.51. The Morgan fingerprint density at radius 1 is 1.42 bits per heavy atom. The highest BCUT2D eigenvalue weighted by molar-refractivity contribution is 5.06. The highest BCUT2D eigenvalue weighted by atomic mass is 19.1. The third kappa shape index (κ3) is 1.40. The summed E-state index contributed by atoms with van der Waals surface area (Å²) in [5, 5.41) is 0. The van der Waals surface area contributed by atoms with Gasteiger partial charge in [0.1, 0.15) is 5.67 Å². The first-order valence-electron chi connectivity index (χ1n) is 4.51. The molecule has 2 heteroatoms. The molecule has 1 fully saturated rings. The summed E-state index contributed by atoms with van der Waals surface area (Å²) in [5.41, 5.74) is -1.16. The van der Waals surface area contributed by atoms with E-state index in [2.05, 4.69) is 11.5 Å². The second-order valence-corrected chi connectivity index (χ2v) is 4.05. The average molecular weight is 171 g/mol. The molecule has 0 radical (unpaired) electrons. The van der Waals surface area contributed by atoms with Crippen LogP contribution in [0.2, 0.25) is 0 Å². The summed E-state index contributed by atoms with van der Waals surface area (Å²) in [4.78, 5) is 2.18. The SMILES string of the molecule is C=CC1(F)[C@H](C)CN(C)C[C@@H]1C. The molecule has 1 aliphatic rings. The number of halogens is 1. The maximum Gasteiger partial charge on any atom is 0.136 e. The molecule has 0 saturated carbocycles. The van der Waals surface area contributed by atoms with Gasteiger partial charge in [-0.2, -0.15) is 0 Å². The Kier molecular flexibility index (Phi) is 2.57. The number of allylic oxidation sites excluding steroid dienone is 1. The predicted molar refractivity (Wildman–Crippen MR) is 49.9 cm³/mol. The topological polar surface area (TPSA) is 3.24 Å². The zero-order valence-electron chi connectivity index (χ0n) is 8.18. The van der Waals surface area contributed by atoms with Crippen LogP contribution < -0.4 is 0 Å². The molecule has 1 nitrogen and oxygen atoms in total. The molecular formula is C10H18FN. The minimum Gasteiger partial charge on any atom is -0.306 e. The Bertz CT molecular complexity index is 167. The third-order valence-corrected chi connectivity index (χ3v) is 2.99. The summed E-state index contributed by atoms with van der Waals surface area (Å²) in [7, 11) is 2.04. The molecule has 0 aromatic carbocycles. The molecule has 70 valence electrons. The predicted octanol–water partition coefficient (Wildman–Crippen LogP) is 2.10. The van der Waals surface area contributed by atoms with Gasteiger partial charge in [0, 0.05) is 24.9 Å². The molecule has 0 bridgehead atoms. The number of hydrogen-bond donors (Lipinski definition) is 0. The molecule has 12 heavy (non-hydrogen) atoms. The van der Waals surface area contributed by atoms with Crippen LogP contribution in [0.25, 0.3) is 0 Å². The van der Waals surface area contributed by atoms with E-state index >= 15 is 0 Å². The molecule has 3 atom stereocenters. The van der Waals surface area contributed by atoms with Gasteiger partial charge < -0.3 is 4.90 Å². The number of alkyl halides is 1. The highest BCUT2D eigenvalue weighted by Gasteiger charge is 2.42. The van der Waals surface area contributed by atoms with Crippen molar-refractivity contribution in [3.63, 3.8) is 0 Å². The summed E-state index contributed by atoms with van der Waals surface area (Å²) >= 11 is 0. The van der Waals surface area contributed by atoms with Gasteiger partial charge in [0.2, 0.25) is 0 Å². The van der Waals surface area contributed by atoms with E-state index in [-0.39, 0.29) is 11.8 Å². The Hall–Kier alpha value is -0.370. The minimum atomic E-state index is -1.16. The van der Waals surface area contributed by atoms with Crippen molar-refractivity contribution < 1.29 is 4.39 Å². The molecule has 1 saturated heterocycles. The molecule has 0 aromatic heterocycles.